The number of nitrogens with zero attached hydrogens (tertiary/aromatic N) is 1. The molecule has 1 aliphatic heterocycles. The van der Waals surface area contributed by atoms with Crippen molar-refractivity contribution in [2.75, 3.05) is 18.4 Å². The van der Waals surface area contributed by atoms with Crippen LogP contribution in [0.1, 0.15) is 6.42 Å². The van der Waals surface area contributed by atoms with Crippen molar-refractivity contribution in [3.63, 3.8) is 0 Å². The molecule has 1 fully saturated rings. The second-order valence-electron chi connectivity index (χ2n) is 5.26. The van der Waals surface area contributed by atoms with Gasteiger partial charge in [-0.3, -0.25) is 0 Å². The summed E-state index contributed by atoms with van der Waals surface area (Å²) in [5.74, 6) is 1.48. The molecule has 1 saturated heterocycles. The van der Waals surface area contributed by atoms with Crippen LogP contribution >= 0.6 is 0 Å². The Hall–Kier alpha value is -2.53. The summed E-state index contributed by atoms with van der Waals surface area (Å²) in [6, 6.07) is 16.5. The SMILES string of the molecule is O=C(Nc1ccc(Oc2ccccc2)cc1)N1CC[C@H](O)C1. The zero-order valence-corrected chi connectivity index (χ0v) is 12.1. The number of aliphatic hydroxyl groups excluding tert-OH is 1. The predicted octanol–water partition coefficient (Wildman–Crippen LogP) is 3.08. The minimum atomic E-state index is -0.410. The van der Waals surface area contributed by atoms with Gasteiger partial charge in [-0.25, -0.2) is 4.79 Å². The molecule has 2 aromatic carbocycles. The van der Waals surface area contributed by atoms with Gasteiger partial charge in [0.05, 0.1) is 6.10 Å². The molecule has 0 unspecified atom stereocenters. The normalized spacial score (nSPS) is 17.3. The quantitative estimate of drug-likeness (QED) is 0.915. The Morgan fingerprint density at radius 3 is 2.41 bits per heavy atom. The number of hydrogen-bond acceptors (Lipinski definition) is 3. The van der Waals surface area contributed by atoms with Crippen LogP contribution in [0.2, 0.25) is 0 Å². The molecule has 2 N–H and O–H groups in total. The van der Waals surface area contributed by atoms with Gasteiger partial charge in [-0.1, -0.05) is 18.2 Å². The van der Waals surface area contributed by atoms with Gasteiger partial charge in [-0.05, 0) is 42.8 Å². The van der Waals surface area contributed by atoms with E-state index in [1.165, 1.54) is 0 Å². The van der Waals surface area contributed by atoms with E-state index in [2.05, 4.69) is 5.32 Å². The first kappa shape index (κ1) is 14.4. The summed E-state index contributed by atoms with van der Waals surface area (Å²) in [4.78, 5) is 13.6. The molecule has 3 rings (SSSR count). The summed E-state index contributed by atoms with van der Waals surface area (Å²) in [5.41, 5.74) is 0.701. The number of β-amino-alcohol motifs (C(OH)–C–C–N with tert-alkyl or cyclic N) is 1. The molecule has 2 amide bonds. The van der Waals surface area contributed by atoms with Gasteiger partial charge in [0, 0.05) is 18.8 Å². The second-order valence-corrected chi connectivity index (χ2v) is 5.26. The fourth-order valence-corrected chi connectivity index (χ4v) is 2.36. The van der Waals surface area contributed by atoms with Crippen LogP contribution in [0.5, 0.6) is 11.5 Å². The van der Waals surface area contributed by atoms with E-state index < -0.39 is 6.10 Å². The second kappa shape index (κ2) is 6.49. The van der Waals surface area contributed by atoms with E-state index in [9.17, 15) is 9.90 Å². The molecular formula is C17H18N2O3. The number of urea groups is 1. The van der Waals surface area contributed by atoms with Crippen molar-refractivity contribution in [3.05, 3.63) is 54.6 Å². The third-order valence-electron chi connectivity index (χ3n) is 3.54. The number of rotatable bonds is 3. The maximum absolute atomic E-state index is 12.0. The Bertz CT molecular complexity index is 628. The highest BCUT2D eigenvalue weighted by atomic mass is 16.5. The highest BCUT2D eigenvalue weighted by molar-refractivity contribution is 5.89. The molecule has 114 valence electrons. The molecule has 2 aromatic rings. The van der Waals surface area contributed by atoms with Crippen LogP contribution < -0.4 is 10.1 Å². The summed E-state index contributed by atoms with van der Waals surface area (Å²) in [5, 5.41) is 12.3. The Labute approximate surface area is 129 Å². The Morgan fingerprint density at radius 2 is 1.77 bits per heavy atom. The van der Waals surface area contributed by atoms with Gasteiger partial charge in [0.2, 0.25) is 0 Å². The number of carbonyl (C=O) groups excluding carboxylic acids is 1. The molecule has 1 aliphatic rings. The molecule has 5 nitrogen and oxygen atoms in total. The van der Waals surface area contributed by atoms with Crippen molar-refractivity contribution in [1.82, 2.24) is 4.90 Å². The monoisotopic (exact) mass is 298 g/mol. The van der Waals surface area contributed by atoms with Gasteiger partial charge in [-0.15, -0.1) is 0 Å². The number of likely N-dealkylation sites (tertiary alicyclic amines) is 1. The smallest absolute Gasteiger partial charge is 0.321 e. The van der Waals surface area contributed by atoms with Crippen molar-refractivity contribution in [2.45, 2.75) is 12.5 Å². The summed E-state index contributed by atoms with van der Waals surface area (Å²) in [7, 11) is 0. The lowest BCUT2D eigenvalue weighted by molar-refractivity contribution is 0.176. The molecule has 0 spiro atoms. The number of nitrogens with one attached hydrogen (secondary N) is 1. The lowest BCUT2D eigenvalue weighted by Gasteiger charge is -2.16. The van der Waals surface area contributed by atoms with Gasteiger partial charge < -0.3 is 20.1 Å². The van der Waals surface area contributed by atoms with E-state index in [4.69, 9.17) is 4.74 Å². The van der Waals surface area contributed by atoms with E-state index in [1.54, 1.807) is 29.2 Å². The predicted molar refractivity (Wildman–Crippen MR) is 84.2 cm³/mol. The first-order valence-corrected chi connectivity index (χ1v) is 7.28. The number of hydrogen-bond donors (Lipinski definition) is 2. The van der Waals surface area contributed by atoms with Gasteiger partial charge >= 0.3 is 6.03 Å². The standard InChI is InChI=1S/C17H18N2O3/c20-14-10-11-19(12-14)17(21)18-13-6-8-16(9-7-13)22-15-4-2-1-3-5-15/h1-9,14,20H,10-12H2,(H,18,21)/t14-/m0/s1. The summed E-state index contributed by atoms with van der Waals surface area (Å²) < 4.78 is 5.70. The van der Waals surface area contributed by atoms with Gasteiger partial charge in [-0.2, -0.15) is 0 Å². The first-order chi connectivity index (χ1) is 10.7. The topological polar surface area (TPSA) is 61.8 Å². The van der Waals surface area contributed by atoms with Crippen molar-refractivity contribution < 1.29 is 14.6 Å². The molecule has 0 aliphatic carbocycles. The van der Waals surface area contributed by atoms with E-state index in [-0.39, 0.29) is 6.03 Å². The Balaban J connectivity index is 1.58. The van der Waals surface area contributed by atoms with Gasteiger partial charge in [0.1, 0.15) is 11.5 Å². The van der Waals surface area contributed by atoms with E-state index >= 15 is 0 Å². The fourth-order valence-electron chi connectivity index (χ4n) is 2.36. The zero-order chi connectivity index (χ0) is 15.4. The average molecular weight is 298 g/mol. The minimum Gasteiger partial charge on any atom is -0.457 e. The number of ether oxygens (including phenoxy) is 1. The molecule has 22 heavy (non-hydrogen) atoms. The lowest BCUT2D eigenvalue weighted by atomic mass is 10.3. The van der Waals surface area contributed by atoms with E-state index in [1.807, 2.05) is 30.3 Å². The minimum absolute atomic E-state index is 0.187. The molecule has 0 bridgehead atoms. The highest BCUT2D eigenvalue weighted by Crippen LogP contribution is 2.23. The van der Waals surface area contributed by atoms with E-state index in [0.717, 1.165) is 5.75 Å². The molecule has 0 aromatic heterocycles. The van der Waals surface area contributed by atoms with Gasteiger partial charge in [0.25, 0.3) is 0 Å². The number of aliphatic hydroxyl groups is 1. The molecule has 0 saturated carbocycles. The number of para-hydroxylation sites is 1. The number of benzene rings is 2. The van der Waals surface area contributed by atoms with Crippen molar-refractivity contribution in [1.29, 1.82) is 0 Å². The summed E-state index contributed by atoms with van der Waals surface area (Å²) in [6.45, 7) is 0.975. The van der Waals surface area contributed by atoms with Crippen LogP contribution in [-0.2, 0) is 0 Å². The zero-order valence-electron chi connectivity index (χ0n) is 12.1. The molecule has 1 heterocycles. The molecule has 0 radical (unpaired) electrons. The Kier molecular flexibility index (Phi) is 4.25. The van der Waals surface area contributed by atoms with Crippen LogP contribution in [0.25, 0.3) is 0 Å². The van der Waals surface area contributed by atoms with Crippen LogP contribution in [0.3, 0.4) is 0 Å². The van der Waals surface area contributed by atoms with E-state index in [0.29, 0.717) is 30.9 Å². The van der Waals surface area contributed by atoms with Gasteiger partial charge in [0.15, 0.2) is 0 Å². The van der Waals surface area contributed by atoms with Crippen LogP contribution in [0, 0.1) is 0 Å². The maximum atomic E-state index is 12.0. The molecular weight excluding hydrogens is 280 g/mol. The maximum Gasteiger partial charge on any atom is 0.321 e. The molecule has 1 atom stereocenters. The Morgan fingerprint density at radius 1 is 1.09 bits per heavy atom. The third kappa shape index (κ3) is 3.56. The largest absolute Gasteiger partial charge is 0.457 e. The van der Waals surface area contributed by atoms with Crippen LogP contribution in [-0.4, -0.2) is 35.2 Å². The van der Waals surface area contributed by atoms with Crippen LogP contribution in [0.4, 0.5) is 10.5 Å². The third-order valence-corrected chi connectivity index (χ3v) is 3.54. The highest BCUT2D eigenvalue weighted by Gasteiger charge is 2.24. The number of anilines is 1. The van der Waals surface area contributed by atoms with Crippen molar-refractivity contribution in [3.8, 4) is 11.5 Å². The summed E-state index contributed by atoms with van der Waals surface area (Å²) in [6.07, 6.45) is 0.226. The average Bonchev–Trinajstić information content (AvgIpc) is 2.97. The lowest BCUT2D eigenvalue weighted by Crippen LogP contribution is -2.33. The summed E-state index contributed by atoms with van der Waals surface area (Å²) >= 11 is 0. The number of carbonyl (C=O) groups is 1. The van der Waals surface area contributed by atoms with Crippen LogP contribution in [0.15, 0.2) is 54.6 Å². The molecule has 5 heteroatoms. The van der Waals surface area contributed by atoms with Crippen molar-refractivity contribution >= 4 is 11.7 Å². The number of amides is 2. The first-order valence-electron chi connectivity index (χ1n) is 7.28. The van der Waals surface area contributed by atoms with Crippen molar-refractivity contribution in [2.24, 2.45) is 0 Å². The fraction of sp³-hybridized carbons (Fsp3) is 0.235.